The maximum atomic E-state index is 11.1. The Labute approximate surface area is 87.1 Å². The second-order valence-corrected chi connectivity index (χ2v) is 3.02. The SMILES string of the molecule is [C-]#[N+]Cc1ccc(C(=O)OC)cc1Cl. The van der Waals surface area contributed by atoms with E-state index in [-0.39, 0.29) is 6.54 Å². The number of carbonyl (C=O) groups is 1. The topological polar surface area (TPSA) is 30.7 Å². The third kappa shape index (κ3) is 2.24. The van der Waals surface area contributed by atoms with Crippen molar-refractivity contribution in [2.45, 2.75) is 6.54 Å². The Morgan fingerprint density at radius 2 is 2.36 bits per heavy atom. The fourth-order valence-corrected chi connectivity index (χ4v) is 1.25. The van der Waals surface area contributed by atoms with E-state index in [4.69, 9.17) is 18.2 Å². The monoisotopic (exact) mass is 209 g/mol. The molecule has 0 aliphatic heterocycles. The van der Waals surface area contributed by atoms with Gasteiger partial charge in [-0.15, -0.1) is 0 Å². The molecule has 0 radical (unpaired) electrons. The van der Waals surface area contributed by atoms with Crippen LogP contribution in [0.1, 0.15) is 15.9 Å². The highest BCUT2D eigenvalue weighted by Crippen LogP contribution is 2.19. The molecule has 0 aromatic heterocycles. The Bertz CT molecular complexity index is 396. The van der Waals surface area contributed by atoms with Gasteiger partial charge in [0, 0.05) is 5.56 Å². The molecule has 0 heterocycles. The quantitative estimate of drug-likeness (QED) is 0.554. The summed E-state index contributed by atoms with van der Waals surface area (Å²) in [5.74, 6) is -0.429. The van der Waals surface area contributed by atoms with Crippen molar-refractivity contribution in [2.24, 2.45) is 0 Å². The van der Waals surface area contributed by atoms with Crippen molar-refractivity contribution in [3.8, 4) is 0 Å². The summed E-state index contributed by atoms with van der Waals surface area (Å²) in [7, 11) is 1.31. The maximum Gasteiger partial charge on any atom is 0.337 e. The third-order valence-corrected chi connectivity index (χ3v) is 2.08. The lowest BCUT2D eigenvalue weighted by molar-refractivity contribution is 0.0600. The normalized spacial score (nSPS) is 9.21. The molecule has 4 heteroatoms. The van der Waals surface area contributed by atoms with Gasteiger partial charge in [0.1, 0.15) is 0 Å². The fourth-order valence-electron chi connectivity index (χ4n) is 1.01. The predicted molar refractivity (Wildman–Crippen MR) is 53.1 cm³/mol. The summed E-state index contributed by atoms with van der Waals surface area (Å²) in [5.41, 5.74) is 1.11. The van der Waals surface area contributed by atoms with Crippen LogP contribution in [0.2, 0.25) is 5.02 Å². The first-order valence-electron chi connectivity index (χ1n) is 3.89. The van der Waals surface area contributed by atoms with Crippen LogP contribution in [0.25, 0.3) is 4.85 Å². The largest absolute Gasteiger partial charge is 0.465 e. The summed E-state index contributed by atoms with van der Waals surface area (Å²) in [6, 6.07) is 4.76. The summed E-state index contributed by atoms with van der Waals surface area (Å²) in [5, 5.41) is 0.420. The zero-order valence-electron chi connectivity index (χ0n) is 7.58. The molecule has 0 amide bonds. The van der Waals surface area contributed by atoms with Crippen LogP contribution in [-0.2, 0) is 11.3 Å². The minimum atomic E-state index is -0.429. The number of hydrogen-bond donors (Lipinski definition) is 0. The molecular formula is C10H8ClNO2. The van der Waals surface area contributed by atoms with E-state index in [1.54, 1.807) is 12.1 Å². The van der Waals surface area contributed by atoms with E-state index >= 15 is 0 Å². The fraction of sp³-hybridized carbons (Fsp3) is 0.200. The lowest BCUT2D eigenvalue weighted by Crippen LogP contribution is -2.01. The molecule has 0 aliphatic carbocycles. The second kappa shape index (κ2) is 4.64. The van der Waals surface area contributed by atoms with Gasteiger partial charge in [0.25, 0.3) is 0 Å². The van der Waals surface area contributed by atoms with Gasteiger partial charge in [0.15, 0.2) is 0 Å². The summed E-state index contributed by atoms with van der Waals surface area (Å²) in [4.78, 5) is 14.3. The highest BCUT2D eigenvalue weighted by molar-refractivity contribution is 6.31. The molecule has 1 aromatic rings. The lowest BCUT2D eigenvalue weighted by Gasteiger charge is -2.01. The van der Waals surface area contributed by atoms with Crippen molar-refractivity contribution >= 4 is 17.6 Å². The standard InChI is InChI=1S/C10H8ClNO2/c1-12-6-8-4-3-7(5-9(8)11)10(13)14-2/h3-5H,6H2,2H3. The van der Waals surface area contributed by atoms with Crippen molar-refractivity contribution in [1.82, 2.24) is 0 Å². The lowest BCUT2D eigenvalue weighted by atomic mass is 10.1. The van der Waals surface area contributed by atoms with Gasteiger partial charge in [-0.1, -0.05) is 11.6 Å². The van der Waals surface area contributed by atoms with Gasteiger partial charge < -0.3 is 9.58 Å². The van der Waals surface area contributed by atoms with Crippen LogP contribution < -0.4 is 0 Å². The highest BCUT2D eigenvalue weighted by Gasteiger charge is 2.09. The van der Waals surface area contributed by atoms with Gasteiger partial charge >= 0.3 is 5.97 Å². The molecule has 0 atom stereocenters. The number of esters is 1. The molecule has 0 N–H and O–H groups in total. The van der Waals surface area contributed by atoms with Crippen molar-refractivity contribution in [2.75, 3.05) is 7.11 Å². The van der Waals surface area contributed by atoms with Crippen molar-refractivity contribution in [3.63, 3.8) is 0 Å². The number of halogens is 1. The summed E-state index contributed by atoms with van der Waals surface area (Å²) < 4.78 is 4.53. The van der Waals surface area contributed by atoms with Gasteiger partial charge in [-0.3, -0.25) is 0 Å². The third-order valence-electron chi connectivity index (χ3n) is 1.72. The molecule has 0 saturated heterocycles. The van der Waals surface area contributed by atoms with Crippen molar-refractivity contribution in [1.29, 1.82) is 0 Å². The first-order chi connectivity index (χ1) is 6.69. The average molecular weight is 210 g/mol. The molecule has 0 fully saturated rings. The average Bonchev–Trinajstić information content (AvgIpc) is 2.20. The predicted octanol–water partition coefficient (Wildman–Crippen LogP) is 2.55. The molecule has 0 bridgehead atoms. The van der Waals surface area contributed by atoms with Gasteiger partial charge in [-0.25, -0.2) is 11.4 Å². The van der Waals surface area contributed by atoms with E-state index in [9.17, 15) is 4.79 Å². The zero-order chi connectivity index (χ0) is 10.6. The molecular weight excluding hydrogens is 202 g/mol. The number of benzene rings is 1. The molecule has 0 spiro atoms. The summed E-state index contributed by atoms with van der Waals surface area (Å²) in [6.45, 7) is 6.91. The molecule has 1 aromatic carbocycles. The number of ether oxygens (including phenoxy) is 1. The van der Waals surface area contributed by atoms with Crippen LogP contribution in [0, 0.1) is 6.57 Å². The Kier molecular flexibility index (Phi) is 3.49. The summed E-state index contributed by atoms with van der Waals surface area (Å²) in [6.07, 6.45) is 0. The van der Waals surface area contributed by atoms with Crippen molar-refractivity contribution < 1.29 is 9.53 Å². The van der Waals surface area contributed by atoms with Gasteiger partial charge in [-0.05, 0) is 18.2 Å². The number of rotatable bonds is 2. The van der Waals surface area contributed by atoms with E-state index < -0.39 is 5.97 Å². The molecule has 14 heavy (non-hydrogen) atoms. The number of methoxy groups -OCH3 is 1. The van der Waals surface area contributed by atoms with Crippen LogP contribution in [-0.4, -0.2) is 13.1 Å². The number of nitrogens with zero attached hydrogens (tertiary/aromatic N) is 1. The van der Waals surface area contributed by atoms with Crippen LogP contribution in [0.4, 0.5) is 0 Å². The molecule has 3 nitrogen and oxygen atoms in total. The Hall–Kier alpha value is -1.53. The first kappa shape index (κ1) is 10.6. The Morgan fingerprint density at radius 3 is 2.86 bits per heavy atom. The summed E-state index contributed by atoms with van der Waals surface area (Å²) >= 11 is 5.86. The molecule has 0 aliphatic rings. The number of carbonyl (C=O) groups excluding carboxylic acids is 1. The first-order valence-corrected chi connectivity index (χ1v) is 4.26. The van der Waals surface area contributed by atoms with Gasteiger partial charge in [-0.2, -0.15) is 0 Å². The van der Waals surface area contributed by atoms with Crippen LogP contribution in [0.5, 0.6) is 0 Å². The van der Waals surface area contributed by atoms with E-state index in [1.165, 1.54) is 13.2 Å². The number of hydrogen-bond acceptors (Lipinski definition) is 2. The highest BCUT2D eigenvalue weighted by atomic mass is 35.5. The molecule has 1 rings (SSSR count). The molecule has 72 valence electrons. The van der Waals surface area contributed by atoms with Gasteiger partial charge in [0.05, 0.1) is 17.7 Å². The Morgan fingerprint density at radius 1 is 1.64 bits per heavy atom. The van der Waals surface area contributed by atoms with Crippen LogP contribution in [0.3, 0.4) is 0 Å². The maximum absolute atomic E-state index is 11.1. The van der Waals surface area contributed by atoms with E-state index in [0.717, 1.165) is 0 Å². The minimum Gasteiger partial charge on any atom is -0.465 e. The van der Waals surface area contributed by atoms with E-state index in [0.29, 0.717) is 16.1 Å². The van der Waals surface area contributed by atoms with Crippen LogP contribution >= 0.6 is 11.6 Å². The van der Waals surface area contributed by atoms with Crippen LogP contribution in [0.15, 0.2) is 18.2 Å². The van der Waals surface area contributed by atoms with E-state index in [1.807, 2.05) is 0 Å². The minimum absolute atomic E-state index is 0.223. The zero-order valence-corrected chi connectivity index (χ0v) is 8.34. The van der Waals surface area contributed by atoms with Gasteiger partial charge in [0.2, 0.25) is 6.54 Å². The molecule has 0 saturated carbocycles. The second-order valence-electron chi connectivity index (χ2n) is 2.61. The Balaban J connectivity index is 3.01. The smallest absolute Gasteiger partial charge is 0.337 e. The van der Waals surface area contributed by atoms with Crippen molar-refractivity contribution in [3.05, 3.63) is 45.8 Å². The molecule has 0 unspecified atom stereocenters. The van der Waals surface area contributed by atoms with E-state index in [2.05, 4.69) is 9.58 Å².